The van der Waals surface area contributed by atoms with Crippen molar-refractivity contribution >= 4 is 34.8 Å². The van der Waals surface area contributed by atoms with Crippen LogP contribution in [0.1, 0.15) is 15.9 Å². The topological polar surface area (TPSA) is 85.4 Å². The fraction of sp³-hybridized carbons (Fsp3) is 0.105. The number of nitrogens with one attached hydrogen (secondary N) is 2. The third kappa shape index (κ3) is 3.63. The highest BCUT2D eigenvalue weighted by atomic mass is 35.5. The van der Waals surface area contributed by atoms with Gasteiger partial charge >= 0.3 is 0 Å². The average Bonchev–Trinajstić information content (AvgIpc) is 3.14. The van der Waals surface area contributed by atoms with E-state index in [0.29, 0.717) is 33.7 Å². The highest BCUT2D eigenvalue weighted by molar-refractivity contribution is 6.31. The predicted molar refractivity (Wildman–Crippen MR) is 102 cm³/mol. The Labute approximate surface area is 160 Å². The molecule has 2 N–H and O–H groups in total. The number of amides is 1. The molecule has 3 aromatic rings. The third-order valence-electron chi connectivity index (χ3n) is 4.06. The van der Waals surface area contributed by atoms with Gasteiger partial charge in [0.2, 0.25) is 12.7 Å². The van der Waals surface area contributed by atoms with Crippen molar-refractivity contribution in [3.05, 3.63) is 64.9 Å². The summed E-state index contributed by atoms with van der Waals surface area (Å²) in [6, 6.07) is 10.8. The molecule has 0 spiro atoms. The summed E-state index contributed by atoms with van der Waals surface area (Å²) in [5.74, 6) is 1.41. The van der Waals surface area contributed by atoms with Gasteiger partial charge in [-0.1, -0.05) is 17.7 Å². The molecule has 7 nitrogen and oxygen atoms in total. The lowest BCUT2D eigenvalue weighted by Gasteiger charge is -2.10. The third-order valence-corrected chi connectivity index (χ3v) is 4.47. The number of halogens is 1. The maximum absolute atomic E-state index is 12.4. The van der Waals surface area contributed by atoms with Crippen LogP contribution in [-0.4, -0.2) is 22.7 Å². The second-order valence-corrected chi connectivity index (χ2v) is 6.26. The van der Waals surface area contributed by atoms with E-state index in [-0.39, 0.29) is 12.7 Å². The maximum Gasteiger partial charge on any atom is 0.258 e. The van der Waals surface area contributed by atoms with E-state index in [4.69, 9.17) is 21.1 Å². The highest BCUT2D eigenvalue weighted by Crippen LogP contribution is 2.34. The number of hydrogen-bond acceptors (Lipinski definition) is 6. The Kier molecular flexibility index (Phi) is 4.52. The largest absolute Gasteiger partial charge is 0.454 e. The Hall–Kier alpha value is -3.32. The molecule has 2 heterocycles. The summed E-state index contributed by atoms with van der Waals surface area (Å²) in [5, 5.41) is 6.46. The molecule has 0 aliphatic carbocycles. The van der Waals surface area contributed by atoms with Crippen molar-refractivity contribution in [2.24, 2.45) is 0 Å². The molecular formula is C19H15ClN4O3. The zero-order chi connectivity index (χ0) is 18.8. The van der Waals surface area contributed by atoms with Crippen LogP contribution in [0.25, 0.3) is 0 Å². The van der Waals surface area contributed by atoms with Crippen LogP contribution in [0.5, 0.6) is 11.5 Å². The number of ether oxygens (including phenoxy) is 2. The van der Waals surface area contributed by atoms with Gasteiger partial charge in [0.1, 0.15) is 0 Å². The molecule has 0 radical (unpaired) electrons. The molecule has 0 atom stereocenters. The van der Waals surface area contributed by atoms with E-state index in [1.54, 1.807) is 30.3 Å². The van der Waals surface area contributed by atoms with Gasteiger partial charge < -0.3 is 20.1 Å². The molecule has 2 aromatic carbocycles. The van der Waals surface area contributed by atoms with Crippen LogP contribution in [0, 0.1) is 6.92 Å². The number of hydrogen-bond donors (Lipinski definition) is 2. The highest BCUT2D eigenvalue weighted by Gasteiger charge is 2.14. The van der Waals surface area contributed by atoms with E-state index in [9.17, 15) is 4.79 Å². The summed E-state index contributed by atoms with van der Waals surface area (Å²) in [6.07, 6.45) is 2.91. The zero-order valence-electron chi connectivity index (χ0n) is 14.3. The van der Waals surface area contributed by atoms with E-state index >= 15 is 0 Å². The molecule has 0 saturated heterocycles. The quantitative estimate of drug-likeness (QED) is 0.704. The van der Waals surface area contributed by atoms with Crippen LogP contribution in [0.4, 0.5) is 17.3 Å². The molecule has 136 valence electrons. The first kappa shape index (κ1) is 17.1. The number of benzene rings is 2. The molecular weight excluding hydrogens is 368 g/mol. The van der Waals surface area contributed by atoms with Gasteiger partial charge in [-0.2, -0.15) is 0 Å². The number of carbonyl (C=O) groups excluding carboxylic acids is 1. The molecule has 0 bridgehead atoms. The fourth-order valence-electron chi connectivity index (χ4n) is 2.55. The predicted octanol–water partition coefficient (Wildman–Crippen LogP) is 4.16. The smallest absolute Gasteiger partial charge is 0.258 e. The minimum atomic E-state index is -0.310. The van der Waals surface area contributed by atoms with Gasteiger partial charge in [-0.3, -0.25) is 4.79 Å². The van der Waals surface area contributed by atoms with Crippen molar-refractivity contribution < 1.29 is 14.3 Å². The summed E-state index contributed by atoms with van der Waals surface area (Å²) in [5.41, 5.74) is 2.54. The van der Waals surface area contributed by atoms with E-state index in [0.717, 1.165) is 11.3 Å². The van der Waals surface area contributed by atoms with Crippen LogP contribution >= 0.6 is 11.6 Å². The van der Waals surface area contributed by atoms with Crippen LogP contribution in [0.2, 0.25) is 5.02 Å². The zero-order valence-corrected chi connectivity index (χ0v) is 15.1. The number of fused-ring (bicyclic) bond motifs is 1. The van der Waals surface area contributed by atoms with Gasteiger partial charge in [0.25, 0.3) is 5.91 Å². The Morgan fingerprint density at radius 1 is 1.11 bits per heavy atom. The lowest BCUT2D eigenvalue weighted by molar-refractivity contribution is 0.102. The first-order valence-electron chi connectivity index (χ1n) is 8.15. The molecule has 1 aromatic heterocycles. The minimum Gasteiger partial charge on any atom is -0.454 e. The standard InChI is InChI=1S/C19H15ClN4O3/c1-11-14(20)3-2-4-15(11)24-18(25)12-8-21-19(22-9-12)23-13-5-6-16-17(7-13)27-10-26-16/h2-9H,10H2,1H3,(H,24,25)(H,21,22,23). The minimum absolute atomic E-state index is 0.213. The molecule has 27 heavy (non-hydrogen) atoms. The second kappa shape index (κ2) is 7.13. The molecule has 0 unspecified atom stereocenters. The lowest BCUT2D eigenvalue weighted by atomic mass is 10.2. The van der Waals surface area contributed by atoms with Crippen molar-refractivity contribution in [3.8, 4) is 11.5 Å². The average molecular weight is 383 g/mol. The number of nitrogens with zero attached hydrogens (tertiary/aromatic N) is 2. The van der Waals surface area contributed by atoms with Crippen LogP contribution in [0.3, 0.4) is 0 Å². The van der Waals surface area contributed by atoms with Crippen molar-refractivity contribution in [1.82, 2.24) is 9.97 Å². The van der Waals surface area contributed by atoms with Gasteiger partial charge in [0, 0.05) is 34.9 Å². The summed E-state index contributed by atoms with van der Waals surface area (Å²) in [6.45, 7) is 2.05. The van der Waals surface area contributed by atoms with Crippen LogP contribution in [0.15, 0.2) is 48.8 Å². The number of aromatic nitrogens is 2. The van der Waals surface area contributed by atoms with Crippen LogP contribution < -0.4 is 20.1 Å². The normalized spacial score (nSPS) is 11.9. The van der Waals surface area contributed by atoms with Gasteiger partial charge in [0.05, 0.1) is 5.56 Å². The van der Waals surface area contributed by atoms with Gasteiger partial charge in [-0.15, -0.1) is 0 Å². The molecule has 1 aliphatic heterocycles. The summed E-state index contributed by atoms with van der Waals surface area (Å²) < 4.78 is 10.6. The number of carbonyl (C=O) groups is 1. The fourth-order valence-corrected chi connectivity index (χ4v) is 2.73. The maximum atomic E-state index is 12.4. The Morgan fingerprint density at radius 2 is 1.89 bits per heavy atom. The van der Waals surface area contributed by atoms with E-state index in [1.165, 1.54) is 12.4 Å². The second-order valence-electron chi connectivity index (χ2n) is 5.85. The van der Waals surface area contributed by atoms with Crippen molar-refractivity contribution in [1.29, 1.82) is 0 Å². The van der Waals surface area contributed by atoms with Gasteiger partial charge in [0.15, 0.2) is 11.5 Å². The molecule has 4 rings (SSSR count). The molecule has 8 heteroatoms. The van der Waals surface area contributed by atoms with E-state index < -0.39 is 0 Å². The molecule has 1 amide bonds. The summed E-state index contributed by atoms with van der Waals surface area (Å²) in [4.78, 5) is 20.8. The first-order chi connectivity index (χ1) is 13.1. The Bertz CT molecular complexity index is 1010. The lowest BCUT2D eigenvalue weighted by Crippen LogP contribution is -2.14. The summed E-state index contributed by atoms with van der Waals surface area (Å²) >= 11 is 6.08. The Balaban J connectivity index is 1.45. The monoisotopic (exact) mass is 382 g/mol. The molecule has 1 aliphatic rings. The molecule has 0 saturated carbocycles. The van der Waals surface area contributed by atoms with Crippen molar-refractivity contribution in [2.75, 3.05) is 17.4 Å². The number of anilines is 3. The Morgan fingerprint density at radius 3 is 2.70 bits per heavy atom. The molecule has 0 fully saturated rings. The van der Waals surface area contributed by atoms with Gasteiger partial charge in [-0.25, -0.2) is 9.97 Å². The first-order valence-corrected chi connectivity index (χ1v) is 8.53. The van der Waals surface area contributed by atoms with Gasteiger partial charge in [-0.05, 0) is 36.8 Å². The van der Waals surface area contributed by atoms with E-state index in [1.807, 2.05) is 13.0 Å². The number of rotatable bonds is 4. The van der Waals surface area contributed by atoms with E-state index in [2.05, 4.69) is 20.6 Å². The van der Waals surface area contributed by atoms with Crippen molar-refractivity contribution in [2.45, 2.75) is 6.92 Å². The van der Waals surface area contributed by atoms with Crippen molar-refractivity contribution in [3.63, 3.8) is 0 Å². The van der Waals surface area contributed by atoms with Crippen LogP contribution in [-0.2, 0) is 0 Å². The summed E-state index contributed by atoms with van der Waals surface area (Å²) in [7, 11) is 0. The SMILES string of the molecule is Cc1c(Cl)cccc1NC(=O)c1cnc(Nc2ccc3c(c2)OCO3)nc1.